The van der Waals surface area contributed by atoms with Crippen LogP contribution in [0.5, 0.6) is 0 Å². The highest BCUT2D eigenvalue weighted by molar-refractivity contribution is 7.16. The molecule has 134 valence electrons. The average Bonchev–Trinajstić information content (AvgIpc) is 3.04. The molecule has 1 heterocycles. The molecule has 0 saturated heterocycles. The fourth-order valence-electron chi connectivity index (χ4n) is 3.10. The van der Waals surface area contributed by atoms with Gasteiger partial charge in [-0.3, -0.25) is 9.59 Å². The van der Waals surface area contributed by atoms with Crippen molar-refractivity contribution in [1.29, 1.82) is 5.26 Å². The number of carbonyl (C=O) groups excluding carboxylic acids is 1. The first-order valence-corrected chi connectivity index (χ1v) is 9.00. The lowest BCUT2D eigenvalue weighted by Crippen LogP contribution is -2.29. The maximum Gasteiger partial charge on any atom is 0.306 e. The highest BCUT2D eigenvalue weighted by Gasteiger charge is 2.30. The molecule has 0 radical (unpaired) electrons. The number of aromatic nitrogens is 1. The molecule has 1 fully saturated rings. The number of nitrogens with one attached hydrogen (secondary N) is 1. The van der Waals surface area contributed by atoms with Gasteiger partial charge in [-0.2, -0.15) is 5.26 Å². The predicted octanol–water partition coefficient (Wildman–Crippen LogP) is 3.65. The van der Waals surface area contributed by atoms with Crippen molar-refractivity contribution in [3.8, 4) is 17.3 Å². The fourth-order valence-corrected chi connectivity index (χ4v) is 3.88. The molecular formula is C18H16FN3O3S. The fraction of sp³-hybridized carbons (Fsp3) is 0.333. The highest BCUT2D eigenvalue weighted by Crippen LogP contribution is 2.34. The molecule has 0 aliphatic heterocycles. The van der Waals surface area contributed by atoms with Gasteiger partial charge in [-0.05, 0) is 37.8 Å². The third kappa shape index (κ3) is 3.73. The van der Waals surface area contributed by atoms with Gasteiger partial charge in [0.1, 0.15) is 22.5 Å². The second kappa shape index (κ2) is 7.62. The lowest BCUT2D eigenvalue weighted by Gasteiger charge is -2.24. The minimum atomic E-state index is -0.822. The van der Waals surface area contributed by atoms with E-state index in [1.165, 1.54) is 12.1 Å². The number of benzene rings is 1. The maximum atomic E-state index is 14.0. The molecule has 2 aromatic rings. The van der Waals surface area contributed by atoms with E-state index in [0.717, 1.165) is 11.3 Å². The largest absolute Gasteiger partial charge is 0.481 e. The summed E-state index contributed by atoms with van der Waals surface area (Å²) in [6.45, 7) is 0. The van der Waals surface area contributed by atoms with Crippen LogP contribution in [0.15, 0.2) is 24.3 Å². The Morgan fingerprint density at radius 3 is 2.50 bits per heavy atom. The van der Waals surface area contributed by atoms with Crippen LogP contribution in [0, 0.1) is 29.0 Å². The monoisotopic (exact) mass is 373 g/mol. The number of thiazole rings is 1. The number of anilines is 1. The number of hydrogen-bond donors (Lipinski definition) is 2. The van der Waals surface area contributed by atoms with Crippen molar-refractivity contribution in [2.45, 2.75) is 25.7 Å². The van der Waals surface area contributed by atoms with Crippen molar-refractivity contribution in [1.82, 2.24) is 4.98 Å². The van der Waals surface area contributed by atoms with E-state index in [1.807, 2.05) is 6.07 Å². The Morgan fingerprint density at radius 1 is 1.23 bits per heavy atom. The van der Waals surface area contributed by atoms with Gasteiger partial charge in [0.15, 0.2) is 5.13 Å². The zero-order chi connectivity index (χ0) is 18.7. The molecule has 1 aromatic carbocycles. The topological polar surface area (TPSA) is 103 Å². The number of aliphatic carboxylic acids is 1. The summed E-state index contributed by atoms with van der Waals surface area (Å²) in [6, 6.07) is 8.00. The van der Waals surface area contributed by atoms with Gasteiger partial charge in [-0.1, -0.05) is 23.5 Å². The van der Waals surface area contributed by atoms with Gasteiger partial charge in [-0.15, -0.1) is 0 Å². The van der Waals surface area contributed by atoms with E-state index in [2.05, 4.69) is 10.3 Å². The minimum Gasteiger partial charge on any atom is -0.481 e. The van der Waals surface area contributed by atoms with Crippen LogP contribution in [-0.4, -0.2) is 22.0 Å². The van der Waals surface area contributed by atoms with Crippen molar-refractivity contribution < 1.29 is 19.1 Å². The quantitative estimate of drug-likeness (QED) is 0.851. The highest BCUT2D eigenvalue weighted by atomic mass is 32.1. The second-order valence-corrected chi connectivity index (χ2v) is 7.16. The van der Waals surface area contributed by atoms with Crippen LogP contribution >= 0.6 is 11.3 Å². The van der Waals surface area contributed by atoms with Crippen LogP contribution in [0.3, 0.4) is 0 Å². The number of hydrogen-bond acceptors (Lipinski definition) is 5. The molecule has 1 aliphatic carbocycles. The van der Waals surface area contributed by atoms with E-state index in [1.54, 1.807) is 12.1 Å². The molecular weight excluding hydrogens is 357 g/mol. The van der Waals surface area contributed by atoms with Crippen molar-refractivity contribution in [3.05, 3.63) is 35.0 Å². The standard InChI is InChI=1S/C18H16FN3O3S/c19-13-4-2-1-3-12(13)15-14(9-20)26-18(21-15)22-16(23)10-5-7-11(8-6-10)17(24)25/h1-4,10-11H,5-8H2,(H,24,25)(H,21,22,23)/t10-,11-. The molecule has 0 bridgehead atoms. The van der Waals surface area contributed by atoms with Gasteiger partial charge in [0.25, 0.3) is 0 Å². The summed E-state index contributed by atoms with van der Waals surface area (Å²) in [5.74, 6) is -2.22. The Bertz CT molecular complexity index is 882. The van der Waals surface area contributed by atoms with Crippen molar-refractivity contribution in [3.63, 3.8) is 0 Å². The number of amides is 1. The molecule has 8 heteroatoms. The molecule has 3 rings (SSSR count). The smallest absolute Gasteiger partial charge is 0.306 e. The summed E-state index contributed by atoms with van der Waals surface area (Å²) in [4.78, 5) is 27.8. The van der Waals surface area contributed by atoms with E-state index in [9.17, 15) is 19.2 Å². The van der Waals surface area contributed by atoms with E-state index in [0.29, 0.717) is 25.7 Å². The first-order chi connectivity index (χ1) is 12.5. The van der Waals surface area contributed by atoms with E-state index in [4.69, 9.17) is 5.11 Å². The van der Waals surface area contributed by atoms with Gasteiger partial charge < -0.3 is 10.4 Å². The van der Waals surface area contributed by atoms with E-state index in [-0.39, 0.29) is 33.1 Å². The zero-order valence-electron chi connectivity index (χ0n) is 13.7. The van der Waals surface area contributed by atoms with Crippen LogP contribution in [0.25, 0.3) is 11.3 Å². The Balaban J connectivity index is 1.73. The van der Waals surface area contributed by atoms with Gasteiger partial charge in [-0.25, -0.2) is 9.37 Å². The van der Waals surface area contributed by atoms with Gasteiger partial charge in [0, 0.05) is 11.5 Å². The molecule has 1 aliphatic rings. The normalized spacial score (nSPS) is 19.5. The molecule has 1 amide bonds. The third-order valence-electron chi connectivity index (χ3n) is 4.54. The lowest BCUT2D eigenvalue weighted by atomic mass is 9.81. The molecule has 0 unspecified atom stereocenters. The molecule has 0 spiro atoms. The molecule has 1 aromatic heterocycles. The number of halogens is 1. The van der Waals surface area contributed by atoms with Gasteiger partial charge in [0.05, 0.1) is 5.92 Å². The summed E-state index contributed by atoms with van der Waals surface area (Å²) in [5, 5.41) is 21.2. The summed E-state index contributed by atoms with van der Waals surface area (Å²) in [6.07, 6.45) is 1.93. The Labute approximate surface area is 153 Å². The van der Waals surface area contributed by atoms with Gasteiger partial charge >= 0.3 is 5.97 Å². The number of carboxylic acids is 1. The number of carbonyl (C=O) groups is 2. The average molecular weight is 373 g/mol. The Kier molecular flexibility index (Phi) is 5.28. The van der Waals surface area contributed by atoms with Crippen LogP contribution in [0.2, 0.25) is 0 Å². The minimum absolute atomic E-state index is 0.209. The summed E-state index contributed by atoms with van der Waals surface area (Å²) < 4.78 is 14.0. The van der Waals surface area contributed by atoms with Crippen LogP contribution < -0.4 is 5.32 Å². The van der Waals surface area contributed by atoms with Gasteiger partial charge in [0.2, 0.25) is 5.91 Å². The van der Waals surface area contributed by atoms with Crippen LogP contribution in [0.4, 0.5) is 9.52 Å². The lowest BCUT2D eigenvalue weighted by molar-refractivity contribution is -0.143. The predicted molar refractivity (Wildman–Crippen MR) is 93.9 cm³/mol. The second-order valence-electron chi connectivity index (χ2n) is 6.16. The first kappa shape index (κ1) is 18.0. The van der Waals surface area contributed by atoms with Crippen molar-refractivity contribution in [2.75, 3.05) is 5.32 Å². The molecule has 6 nitrogen and oxygen atoms in total. The van der Waals surface area contributed by atoms with E-state index < -0.39 is 17.7 Å². The Hall–Kier alpha value is -2.79. The third-order valence-corrected chi connectivity index (χ3v) is 5.41. The summed E-state index contributed by atoms with van der Waals surface area (Å²) in [5.41, 5.74) is 0.420. The zero-order valence-corrected chi connectivity index (χ0v) is 14.6. The van der Waals surface area contributed by atoms with Crippen molar-refractivity contribution in [2.24, 2.45) is 11.8 Å². The first-order valence-electron chi connectivity index (χ1n) is 8.19. The molecule has 2 N–H and O–H groups in total. The van der Waals surface area contributed by atoms with E-state index >= 15 is 0 Å². The number of nitriles is 1. The molecule has 26 heavy (non-hydrogen) atoms. The maximum absolute atomic E-state index is 14.0. The Morgan fingerprint density at radius 2 is 1.88 bits per heavy atom. The summed E-state index contributed by atoms with van der Waals surface area (Å²) >= 11 is 0.996. The number of rotatable bonds is 4. The molecule has 1 saturated carbocycles. The number of carboxylic acid groups (broad SMARTS) is 1. The van der Waals surface area contributed by atoms with Crippen LogP contribution in [-0.2, 0) is 9.59 Å². The van der Waals surface area contributed by atoms with Crippen molar-refractivity contribution >= 4 is 28.3 Å². The van der Waals surface area contributed by atoms with Crippen LogP contribution in [0.1, 0.15) is 30.6 Å². The number of nitrogens with zero attached hydrogens (tertiary/aromatic N) is 2. The molecule has 0 atom stereocenters. The summed E-state index contributed by atoms with van der Waals surface area (Å²) in [7, 11) is 0. The SMILES string of the molecule is N#Cc1sc(NC(=O)[C@H]2CC[C@H](C(=O)O)CC2)nc1-c1ccccc1F.